The van der Waals surface area contributed by atoms with Gasteiger partial charge in [-0.05, 0) is 63.5 Å². The quantitative estimate of drug-likeness (QED) is 0.314. The molecule has 4 N–H and O–H groups in total. The fourth-order valence-electron chi connectivity index (χ4n) is 4.74. The van der Waals surface area contributed by atoms with Gasteiger partial charge in [0, 0.05) is 31.6 Å². The summed E-state index contributed by atoms with van der Waals surface area (Å²) >= 11 is 11.9. The molecule has 1 saturated carbocycles. The van der Waals surface area contributed by atoms with Gasteiger partial charge in [-0.25, -0.2) is 19.7 Å². The summed E-state index contributed by atoms with van der Waals surface area (Å²) in [6.45, 7) is 4.34. The molecule has 2 amide bonds. The van der Waals surface area contributed by atoms with E-state index >= 15 is 0 Å². The van der Waals surface area contributed by atoms with Gasteiger partial charge in [0.2, 0.25) is 5.82 Å². The van der Waals surface area contributed by atoms with Gasteiger partial charge >= 0.3 is 6.09 Å². The first-order valence-corrected chi connectivity index (χ1v) is 14.9. The molecule has 1 aromatic carbocycles. The number of halogens is 2. The largest absolute Gasteiger partial charge is 0.415 e. The Bertz CT molecular complexity index is 1560. The van der Waals surface area contributed by atoms with Crippen LogP contribution in [0.4, 0.5) is 10.6 Å². The van der Waals surface area contributed by atoms with E-state index in [4.69, 9.17) is 38.4 Å². The van der Waals surface area contributed by atoms with Gasteiger partial charge in [0.1, 0.15) is 17.5 Å². The number of hydrogen-bond donors (Lipinski definition) is 3. The molecule has 1 aliphatic heterocycles. The lowest BCUT2D eigenvalue weighted by atomic mass is 9.94. The minimum absolute atomic E-state index is 0.139. The second-order valence-corrected chi connectivity index (χ2v) is 11.6. The molecule has 3 atom stereocenters. The topological polar surface area (TPSA) is 158 Å². The number of hydrogen-bond acceptors (Lipinski definition) is 9. The molecule has 12 nitrogen and oxygen atoms in total. The second kappa shape index (κ2) is 13.3. The van der Waals surface area contributed by atoms with Crippen LogP contribution < -0.4 is 15.8 Å². The first kappa shape index (κ1) is 30.8. The molecule has 0 bridgehead atoms. The Kier molecular flexibility index (Phi) is 9.56. The number of likely N-dealkylation sites (tertiary alicyclic amines) is 1. The van der Waals surface area contributed by atoms with Crippen molar-refractivity contribution >= 4 is 52.2 Å². The summed E-state index contributed by atoms with van der Waals surface area (Å²) in [4.78, 5) is 39.9. The van der Waals surface area contributed by atoms with Crippen LogP contribution in [0.25, 0.3) is 11.2 Å². The van der Waals surface area contributed by atoms with Crippen LogP contribution in [0.3, 0.4) is 0 Å². The number of nitrogens with zero attached hydrogens (tertiary/aromatic N) is 5. The summed E-state index contributed by atoms with van der Waals surface area (Å²) in [6, 6.07) is 4.83. The zero-order valence-electron chi connectivity index (χ0n) is 23.8. The van der Waals surface area contributed by atoms with Crippen molar-refractivity contribution in [2.24, 2.45) is 5.92 Å². The van der Waals surface area contributed by atoms with Gasteiger partial charge in [0.05, 0.1) is 22.5 Å². The lowest BCUT2D eigenvalue weighted by molar-refractivity contribution is -0.150. The number of benzene rings is 1. The van der Waals surface area contributed by atoms with E-state index in [1.807, 2.05) is 0 Å². The number of nitrogens with one attached hydrogen (secondary N) is 1. The van der Waals surface area contributed by atoms with E-state index in [9.17, 15) is 14.7 Å². The van der Waals surface area contributed by atoms with Gasteiger partial charge in [-0.15, -0.1) is 0 Å². The Balaban J connectivity index is 1.18. The van der Waals surface area contributed by atoms with Gasteiger partial charge in [0.25, 0.3) is 5.91 Å². The minimum Gasteiger partial charge on any atom is -0.410 e. The number of imidazole rings is 1. The lowest BCUT2D eigenvalue weighted by Crippen LogP contribution is -2.44. The van der Waals surface area contributed by atoms with Crippen molar-refractivity contribution in [1.29, 1.82) is 0 Å². The highest BCUT2D eigenvalue weighted by molar-refractivity contribution is 6.42. The summed E-state index contributed by atoms with van der Waals surface area (Å²) in [5.41, 5.74) is 6.95. The van der Waals surface area contributed by atoms with E-state index in [0.717, 1.165) is 25.7 Å². The first-order chi connectivity index (χ1) is 20.6. The minimum atomic E-state index is -1.06. The molecule has 0 radical (unpaired) electrons. The predicted octanol–water partition coefficient (Wildman–Crippen LogP) is 3.93. The second-order valence-electron chi connectivity index (χ2n) is 10.8. The molecule has 43 heavy (non-hydrogen) atoms. The van der Waals surface area contributed by atoms with E-state index in [1.54, 1.807) is 28.5 Å². The van der Waals surface area contributed by atoms with Gasteiger partial charge in [0.15, 0.2) is 17.6 Å². The van der Waals surface area contributed by atoms with Crippen molar-refractivity contribution in [3.05, 3.63) is 40.4 Å². The summed E-state index contributed by atoms with van der Waals surface area (Å²) in [7, 11) is 0. The Morgan fingerprint density at radius 2 is 1.91 bits per heavy atom. The molecule has 2 fully saturated rings. The molecule has 14 heteroatoms. The molecule has 3 heterocycles. The third kappa shape index (κ3) is 7.67. The average Bonchev–Trinajstić information content (AvgIpc) is 3.68. The van der Waals surface area contributed by atoms with Crippen LogP contribution in [-0.2, 0) is 9.53 Å². The summed E-state index contributed by atoms with van der Waals surface area (Å²) in [6.07, 6.45) is 2.31. The smallest absolute Gasteiger partial charge is 0.410 e. The Labute approximate surface area is 258 Å². The molecular weight excluding hydrogens is 597 g/mol. The maximum Gasteiger partial charge on any atom is 0.415 e. The summed E-state index contributed by atoms with van der Waals surface area (Å²) in [5, 5.41) is 13.8. The normalized spacial score (nSPS) is 17.6. The van der Waals surface area contributed by atoms with Crippen molar-refractivity contribution in [3.63, 3.8) is 0 Å². The van der Waals surface area contributed by atoms with Crippen LogP contribution in [0.1, 0.15) is 58.0 Å². The monoisotopic (exact) mass is 629 g/mol. The number of aliphatic hydroxyl groups excluding tert-OH is 1. The van der Waals surface area contributed by atoms with Crippen molar-refractivity contribution in [2.75, 3.05) is 18.8 Å². The predicted molar refractivity (Wildman–Crippen MR) is 160 cm³/mol. The van der Waals surface area contributed by atoms with Gasteiger partial charge in [-0.1, -0.05) is 29.1 Å². The third-order valence-electron chi connectivity index (χ3n) is 7.36. The molecule has 228 valence electrons. The molecule has 2 aliphatic rings. The Morgan fingerprint density at radius 3 is 2.58 bits per heavy atom. The zero-order chi connectivity index (χ0) is 30.7. The molecule has 3 aromatic rings. The number of fused-ring (bicyclic) bond motifs is 1. The van der Waals surface area contributed by atoms with Crippen LogP contribution in [0.5, 0.6) is 5.75 Å². The number of piperidine rings is 1. The van der Waals surface area contributed by atoms with Crippen LogP contribution in [-0.4, -0.2) is 72.9 Å². The van der Waals surface area contributed by atoms with Crippen LogP contribution >= 0.6 is 23.2 Å². The van der Waals surface area contributed by atoms with Gasteiger partial charge < -0.3 is 30.5 Å². The van der Waals surface area contributed by atoms with Crippen LogP contribution in [0.15, 0.2) is 24.5 Å². The van der Waals surface area contributed by atoms with Crippen LogP contribution in [0.2, 0.25) is 10.0 Å². The lowest BCUT2D eigenvalue weighted by Gasteiger charge is -2.30. The van der Waals surface area contributed by atoms with E-state index in [-0.39, 0.29) is 23.6 Å². The maximum atomic E-state index is 12.6. The van der Waals surface area contributed by atoms with Gasteiger partial charge in [-0.3, -0.25) is 9.36 Å². The van der Waals surface area contributed by atoms with Gasteiger partial charge in [-0.2, -0.15) is 0 Å². The number of carbonyl (C=O) groups excluding carboxylic acids is 2. The maximum absolute atomic E-state index is 12.6. The standard InChI is InChI=1S/C29H33Cl2N7O5/c1-16(39)25(28(40)34-19-6-7-19)42-17(2)38-15-33-24-26(32)35-23(36-27(24)38)5-3-4-18-10-12-37(13-11-18)29(41)43-20-8-9-21(30)22(31)14-20/h8-9,14-19,25,39H,4,6-7,10-13H2,1-2H3,(H,34,40)(H2,32,35,36)/t16?,17-,25+/m1/s1. The zero-order valence-corrected chi connectivity index (χ0v) is 25.3. The number of carbonyl (C=O) groups is 2. The van der Waals surface area contributed by atoms with Crippen molar-refractivity contribution in [2.45, 2.75) is 70.4 Å². The fourth-order valence-corrected chi connectivity index (χ4v) is 5.03. The van der Waals surface area contributed by atoms with E-state index in [0.29, 0.717) is 52.4 Å². The fraction of sp³-hybridized carbons (Fsp3) is 0.483. The van der Waals surface area contributed by atoms with E-state index in [2.05, 4.69) is 32.1 Å². The Morgan fingerprint density at radius 1 is 1.16 bits per heavy atom. The molecule has 0 spiro atoms. The highest BCUT2D eigenvalue weighted by Crippen LogP contribution is 2.28. The first-order valence-electron chi connectivity index (χ1n) is 14.1. The van der Waals surface area contributed by atoms with Crippen molar-refractivity contribution in [1.82, 2.24) is 29.7 Å². The SMILES string of the molecule is CC(O)[C@H](O[C@H](C)n1cnc2c(N)nc(C#CCC3CCN(C(=O)Oc4ccc(Cl)c(Cl)c4)CC3)nc21)C(=O)NC1CC1. The van der Waals surface area contributed by atoms with E-state index in [1.165, 1.54) is 19.3 Å². The highest BCUT2D eigenvalue weighted by atomic mass is 35.5. The van der Waals surface area contributed by atoms with E-state index < -0.39 is 24.5 Å². The summed E-state index contributed by atoms with van der Waals surface area (Å²) in [5.74, 6) is 6.83. The average molecular weight is 631 g/mol. The number of ether oxygens (including phenoxy) is 2. The highest BCUT2D eigenvalue weighted by Gasteiger charge is 2.32. The number of nitrogens with two attached hydrogens (primary N) is 1. The number of rotatable bonds is 8. The molecular formula is C29H33Cl2N7O5. The number of nitrogen functional groups attached to an aromatic ring is 1. The molecule has 5 rings (SSSR count). The third-order valence-corrected chi connectivity index (χ3v) is 8.10. The Hall–Kier alpha value is -3.63. The van der Waals surface area contributed by atoms with Crippen LogP contribution in [0, 0.1) is 17.8 Å². The van der Waals surface area contributed by atoms with Crippen molar-refractivity contribution < 1.29 is 24.2 Å². The number of aliphatic hydroxyl groups is 1. The number of anilines is 1. The molecule has 1 aliphatic carbocycles. The van der Waals surface area contributed by atoms with Crippen molar-refractivity contribution in [3.8, 4) is 17.6 Å². The number of amides is 2. The number of aromatic nitrogens is 4. The molecule has 1 saturated heterocycles. The molecule has 2 aromatic heterocycles. The summed E-state index contributed by atoms with van der Waals surface area (Å²) < 4.78 is 13.0. The molecule has 1 unspecified atom stereocenters.